The molecule has 148 valence electrons. The number of rotatable bonds is 4. The van der Waals surface area contributed by atoms with Gasteiger partial charge in [0.15, 0.2) is 5.78 Å². The van der Waals surface area contributed by atoms with Crippen molar-refractivity contribution in [3.8, 4) is 0 Å². The summed E-state index contributed by atoms with van der Waals surface area (Å²) in [5.74, 6) is -0.463. The third kappa shape index (κ3) is 3.55. The second-order valence-corrected chi connectivity index (χ2v) is 8.05. The number of halogens is 1. The second-order valence-electron chi connectivity index (χ2n) is 7.14. The Morgan fingerprint density at radius 1 is 1.24 bits per heavy atom. The van der Waals surface area contributed by atoms with Crippen LogP contribution in [0.15, 0.2) is 50.5 Å². The zero-order valence-corrected chi connectivity index (χ0v) is 17.2. The number of ketones is 1. The third-order valence-corrected chi connectivity index (χ3v) is 5.63. The number of hydrogen-bond acceptors (Lipinski definition) is 4. The lowest BCUT2D eigenvalue weighted by Gasteiger charge is -2.27. The van der Waals surface area contributed by atoms with E-state index in [1.165, 1.54) is 11.5 Å². The molecule has 2 aromatic carbocycles. The number of benzene rings is 2. The number of nitrogens with one attached hydrogen (secondary N) is 2. The van der Waals surface area contributed by atoms with E-state index in [-0.39, 0.29) is 18.1 Å². The molecule has 1 aromatic heterocycles. The fourth-order valence-electron chi connectivity index (χ4n) is 3.92. The summed E-state index contributed by atoms with van der Waals surface area (Å²) in [6.07, 6.45) is 1.27. The van der Waals surface area contributed by atoms with Gasteiger partial charge in [-0.2, -0.15) is 0 Å². The number of aromatic nitrogens is 2. The molecule has 3 aromatic rings. The molecule has 0 spiro atoms. The van der Waals surface area contributed by atoms with Crippen molar-refractivity contribution in [2.75, 3.05) is 5.32 Å². The van der Waals surface area contributed by atoms with Crippen molar-refractivity contribution in [2.24, 2.45) is 0 Å². The average Bonchev–Trinajstić information content (AvgIpc) is 2.66. The highest BCUT2D eigenvalue weighted by Gasteiger charge is 2.26. The van der Waals surface area contributed by atoms with Crippen LogP contribution in [0.3, 0.4) is 0 Å². The Labute approximate surface area is 173 Å². The van der Waals surface area contributed by atoms with Gasteiger partial charge in [-0.3, -0.25) is 23.7 Å². The van der Waals surface area contributed by atoms with Crippen LogP contribution in [0, 0.1) is 0 Å². The number of H-pyrrole nitrogens is 1. The molecule has 1 amide bonds. The number of aromatic amines is 1. The van der Waals surface area contributed by atoms with Crippen molar-refractivity contribution in [1.82, 2.24) is 9.55 Å². The van der Waals surface area contributed by atoms with Crippen molar-refractivity contribution in [3.05, 3.63) is 72.7 Å². The van der Waals surface area contributed by atoms with Crippen LogP contribution in [0.2, 0.25) is 0 Å². The van der Waals surface area contributed by atoms with Gasteiger partial charge < -0.3 is 10.3 Å². The van der Waals surface area contributed by atoms with E-state index in [2.05, 4.69) is 26.2 Å². The molecule has 2 N–H and O–H groups in total. The third-order valence-electron chi connectivity index (χ3n) is 5.17. The van der Waals surface area contributed by atoms with Crippen LogP contribution < -0.4 is 16.4 Å². The van der Waals surface area contributed by atoms with Gasteiger partial charge in [0.05, 0.1) is 16.7 Å². The first-order valence-electron chi connectivity index (χ1n) is 9.22. The van der Waals surface area contributed by atoms with Crippen LogP contribution in [0.1, 0.15) is 41.7 Å². The van der Waals surface area contributed by atoms with Crippen molar-refractivity contribution in [1.29, 1.82) is 0 Å². The van der Waals surface area contributed by atoms with Crippen molar-refractivity contribution < 1.29 is 9.59 Å². The highest BCUT2D eigenvalue weighted by Crippen LogP contribution is 2.32. The van der Waals surface area contributed by atoms with E-state index < -0.39 is 17.2 Å². The molecule has 1 aliphatic heterocycles. The Balaban J connectivity index is 1.70. The molecule has 1 unspecified atom stereocenters. The number of carbonyl (C=O) groups is 2. The maximum Gasteiger partial charge on any atom is 0.317 e. The normalized spacial score (nSPS) is 15.3. The van der Waals surface area contributed by atoms with Gasteiger partial charge in [0.2, 0.25) is 5.91 Å². The minimum atomic E-state index is -0.712. The molecule has 4 rings (SSSR count). The Morgan fingerprint density at radius 2 is 2.00 bits per heavy atom. The molecular weight excluding hydrogens is 438 g/mol. The summed E-state index contributed by atoms with van der Waals surface area (Å²) in [7, 11) is 0. The van der Waals surface area contributed by atoms with Gasteiger partial charge in [-0.05, 0) is 49.6 Å². The standard InChI is InChI=1S/C21H18BrN3O4/c1-11(26)15-4-2-3-5-16(15)23-18(27)10-14-7-6-12-8-13(22)9-17-19(12)25(14)21(29)20(28)24-17/h2-5,8-9,14H,6-7,10H2,1H3,(H,23,27)(H,24,28). The topological polar surface area (TPSA) is 101 Å². The molecule has 1 atom stereocenters. The Bertz CT molecular complexity index is 1280. The van der Waals surface area contributed by atoms with E-state index in [1.807, 2.05) is 6.07 Å². The number of anilines is 1. The number of Topliss-reactive ketones (excluding diaryl/α,β-unsaturated/α-hetero) is 1. The van der Waals surface area contributed by atoms with Crippen LogP contribution in [0.5, 0.6) is 0 Å². The smallest absolute Gasteiger partial charge is 0.317 e. The van der Waals surface area contributed by atoms with E-state index in [0.29, 0.717) is 35.1 Å². The molecule has 7 nitrogen and oxygen atoms in total. The van der Waals surface area contributed by atoms with Gasteiger partial charge in [0.1, 0.15) is 0 Å². The first-order chi connectivity index (χ1) is 13.8. The van der Waals surface area contributed by atoms with Gasteiger partial charge >= 0.3 is 11.1 Å². The number of amides is 1. The molecule has 1 aliphatic rings. The summed E-state index contributed by atoms with van der Waals surface area (Å²) < 4.78 is 2.26. The van der Waals surface area contributed by atoms with E-state index in [9.17, 15) is 19.2 Å². The molecule has 0 saturated heterocycles. The summed E-state index contributed by atoms with van der Waals surface area (Å²) in [6, 6.07) is 10.0. The fourth-order valence-corrected chi connectivity index (χ4v) is 4.43. The Kier molecular flexibility index (Phi) is 4.96. The maximum absolute atomic E-state index is 12.7. The lowest BCUT2D eigenvalue weighted by atomic mass is 9.96. The molecular formula is C21H18BrN3O4. The summed E-state index contributed by atoms with van der Waals surface area (Å²) >= 11 is 3.43. The average molecular weight is 456 g/mol. The summed E-state index contributed by atoms with van der Waals surface area (Å²) in [5.41, 5.74) is 1.65. The molecule has 0 bridgehead atoms. The minimum Gasteiger partial charge on any atom is -0.325 e. The van der Waals surface area contributed by atoms with Crippen LogP contribution in [0.4, 0.5) is 5.69 Å². The summed E-state index contributed by atoms with van der Waals surface area (Å²) in [4.78, 5) is 51.9. The molecule has 29 heavy (non-hydrogen) atoms. The zero-order valence-electron chi connectivity index (χ0n) is 15.6. The number of para-hydroxylation sites is 1. The lowest BCUT2D eigenvalue weighted by molar-refractivity contribution is -0.117. The zero-order chi connectivity index (χ0) is 20.7. The van der Waals surface area contributed by atoms with E-state index in [4.69, 9.17) is 0 Å². The van der Waals surface area contributed by atoms with E-state index in [0.717, 1.165) is 10.0 Å². The minimum absolute atomic E-state index is 0.0280. The highest BCUT2D eigenvalue weighted by atomic mass is 79.9. The van der Waals surface area contributed by atoms with E-state index in [1.54, 1.807) is 30.3 Å². The molecule has 2 heterocycles. The molecule has 0 aliphatic carbocycles. The lowest BCUT2D eigenvalue weighted by Crippen LogP contribution is -2.41. The van der Waals surface area contributed by atoms with Crippen LogP contribution in [0.25, 0.3) is 11.0 Å². The van der Waals surface area contributed by atoms with Crippen LogP contribution >= 0.6 is 15.9 Å². The summed E-state index contributed by atoms with van der Waals surface area (Å²) in [5, 5.41) is 2.77. The number of carbonyl (C=O) groups excluding carboxylic acids is 2. The van der Waals surface area contributed by atoms with Crippen LogP contribution in [-0.2, 0) is 11.2 Å². The largest absolute Gasteiger partial charge is 0.325 e. The predicted molar refractivity (Wildman–Crippen MR) is 114 cm³/mol. The van der Waals surface area contributed by atoms with Gasteiger partial charge in [-0.25, -0.2) is 0 Å². The van der Waals surface area contributed by atoms with Gasteiger partial charge in [0, 0.05) is 22.5 Å². The molecule has 8 heteroatoms. The number of aryl methyl sites for hydroxylation is 1. The summed E-state index contributed by atoms with van der Waals surface area (Å²) in [6.45, 7) is 1.44. The Morgan fingerprint density at radius 3 is 2.76 bits per heavy atom. The van der Waals surface area contributed by atoms with Crippen molar-refractivity contribution in [2.45, 2.75) is 32.2 Å². The predicted octanol–water partition coefficient (Wildman–Crippen LogP) is 3.17. The van der Waals surface area contributed by atoms with Crippen LogP contribution in [-0.4, -0.2) is 21.2 Å². The van der Waals surface area contributed by atoms with Gasteiger partial charge in [-0.1, -0.05) is 28.1 Å². The second kappa shape index (κ2) is 7.44. The molecule has 0 saturated carbocycles. The molecule has 0 radical (unpaired) electrons. The highest BCUT2D eigenvalue weighted by molar-refractivity contribution is 9.10. The van der Waals surface area contributed by atoms with Gasteiger partial charge in [0.25, 0.3) is 0 Å². The molecule has 0 fully saturated rings. The van der Waals surface area contributed by atoms with Crippen molar-refractivity contribution >= 4 is 44.3 Å². The number of hydrogen-bond donors (Lipinski definition) is 2. The quantitative estimate of drug-likeness (QED) is 0.465. The monoisotopic (exact) mass is 455 g/mol. The fraction of sp³-hybridized carbons (Fsp3) is 0.238. The maximum atomic E-state index is 12.7. The SMILES string of the molecule is CC(=O)c1ccccc1NC(=O)CC1CCc2cc(Br)cc3[nH]c(=O)c(=O)n1c23. The van der Waals surface area contributed by atoms with Gasteiger partial charge in [-0.15, -0.1) is 0 Å². The van der Waals surface area contributed by atoms with Crippen molar-refractivity contribution in [3.63, 3.8) is 0 Å². The first kappa shape index (κ1) is 19.3. The first-order valence-corrected chi connectivity index (χ1v) is 10.0. The van der Waals surface area contributed by atoms with E-state index >= 15 is 0 Å². The number of nitrogens with zero attached hydrogens (tertiary/aromatic N) is 1. The Hall–Kier alpha value is -3.00.